The lowest BCUT2D eigenvalue weighted by molar-refractivity contribution is 0.0765. The highest BCUT2D eigenvalue weighted by atomic mass is 35.5. The molecule has 0 spiro atoms. The Morgan fingerprint density at radius 1 is 1.26 bits per heavy atom. The molecule has 1 aliphatic rings. The summed E-state index contributed by atoms with van der Waals surface area (Å²) < 4.78 is 5.37. The number of benzene rings is 1. The van der Waals surface area contributed by atoms with Gasteiger partial charge < -0.3 is 9.42 Å². The van der Waals surface area contributed by atoms with Crippen molar-refractivity contribution in [3.8, 4) is 11.3 Å². The largest absolute Gasteiger partial charge is 0.360 e. The number of hydrogen-bond acceptors (Lipinski definition) is 5. The molecule has 0 unspecified atom stereocenters. The zero-order valence-electron chi connectivity index (χ0n) is 14.9. The SMILES string of the molecule is Cc1onc(-c2ccccc2Cl)c1C(=O)N1CCS[C@H](c2cccs2)CC1. The molecule has 4 nitrogen and oxygen atoms in total. The molecule has 1 amide bonds. The van der Waals surface area contributed by atoms with E-state index >= 15 is 0 Å². The Balaban J connectivity index is 1.58. The minimum Gasteiger partial charge on any atom is -0.360 e. The van der Waals surface area contributed by atoms with E-state index in [1.54, 1.807) is 24.3 Å². The summed E-state index contributed by atoms with van der Waals surface area (Å²) >= 11 is 10.0. The Morgan fingerprint density at radius 2 is 2.11 bits per heavy atom. The average Bonchev–Trinajstić information content (AvgIpc) is 3.26. The lowest BCUT2D eigenvalue weighted by atomic mass is 10.0. The van der Waals surface area contributed by atoms with Gasteiger partial charge in [-0.2, -0.15) is 11.8 Å². The molecule has 1 atom stereocenters. The van der Waals surface area contributed by atoms with Gasteiger partial charge in [0.1, 0.15) is 17.0 Å². The van der Waals surface area contributed by atoms with Crippen LogP contribution in [0.1, 0.15) is 32.7 Å². The van der Waals surface area contributed by atoms with E-state index in [2.05, 4.69) is 22.7 Å². The zero-order valence-corrected chi connectivity index (χ0v) is 17.2. The van der Waals surface area contributed by atoms with Crippen molar-refractivity contribution in [1.29, 1.82) is 0 Å². The van der Waals surface area contributed by atoms with Crippen LogP contribution in [0.15, 0.2) is 46.3 Å². The molecule has 2 aromatic heterocycles. The van der Waals surface area contributed by atoms with E-state index < -0.39 is 0 Å². The predicted octanol–water partition coefficient (Wildman–Crippen LogP) is 5.69. The van der Waals surface area contributed by atoms with Crippen molar-refractivity contribution in [2.45, 2.75) is 18.6 Å². The minimum absolute atomic E-state index is 0.0314. The van der Waals surface area contributed by atoms with Crippen LogP contribution in [0.5, 0.6) is 0 Å². The summed E-state index contributed by atoms with van der Waals surface area (Å²) in [6, 6.07) is 11.7. The quantitative estimate of drug-likeness (QED) is 0.548. The van der Waals surface area contributed by atoms with E-state index in [-0.39, 0.29) is 5.91 Å². The summed E-state index contributed by atoms with van der Waals surface area (Å²) in [7, 11) is 0. The fraction of sp³-hybridized carbons (Fsp3) is 0.300. The summed E-state index contributed by atoms with van der Waals surface area (Å²) in [5, 5.41) is 7.25. The number of aromatic nitrogens is 1. The number of halogens is 1. The van der Waals surface area contributed by atoms with Gasteiger partial charge in [-0.15, -0.1) is 11.3 Å². The van der Waals surface area contributed by atoms with Crippen molar-refractivity contribution < 1.29 is 9.32 Å². The molecule has 27 heavy (non-hydrogen) atoms. The van der Waals surface area contributed by atoms with Crippen LogP contribution in [0, 0.1) is 6.92 Å². The minimum atomic E-state index is -0.0314. The predicted molar refractivity (Wildman–Crippen MR) is 112 cm³/mol. The Morgan fingerprint density at radius 3 is 2.89 bits per heavy atom. The molecule has 0 radical (unpaired) electrons. The number of thioether (sulfide) groups is 1. The van der Waals surface area contributed by atoms with Crippen LogP contribution in [0.2, 0.25) is 5.02 Å². The van der Waals surface area contributed by atoms with Crippen LogP contribution >= 0.6 is 34.7 Å². The van der Waals surface area contributed by atoms with E-state index in [0.717, 1.165) is 30.8 Å². The van der Waals surface area contributed by atoms with Crippen LogP contribution in [-0.2, 0) is 0 Å². The lowest BCUT2D eigenvalue weighted by Crippen LogP contribution is -2.33. The van der Waals surface area contributed by atoms with Gasteiger partial charge in [-0.25, -0.2) is 0 Å². The first-order chi connectivity index (χ1) is 13.1. The molecule has 0 bridgehead atoms. The topological polar surface area (TPSA) is 46.3 Å². The first kappa shape index (κ1) is 18.6. The highest BCUT2D eigenvalue weighted by Gasteiger charge is 2.29. The second-order valence-electron chi connectivity index (χ2n) is 6.40. The van der Waals surface area contributed by atoms with Crippen LogP contribution in [0.25, 0.3) is 11.3 Å². The summed E-state index contributed by atoms with van der Waals surface area (Å²) in [6.45, 7) is 3.22. The third-order valence-corrected chi connectivity index (χ3v) is 7.47. The van der Waals surface area contributed by atoms with E-state index in [1.807, 2.05) is 34.9 Å². The fourth-order valence-corrected chi connectivity index (χ4v) is 5.76. The van der Waals surface area contributed by atoms with Gasteiger partial charge in [-0.05, 0) is 30.9 Å². The number of hydrogen-bond donors (Lipinski definition) is 0. The maximum atomic E-state index is 13.3. The van der Waals surface area contributed by atoms with Crippen LogP contribution in [0.3, 0.4) is 0 Å². The molecule has 3 heterocycles. The smallest absolute Gasteiger partial charge is 0.259 e. The highest BCUT2D eigenvalue weighted by Crippen LogP contribution is 2.38. The fourth-order valence-electron chi connectivity index (χ4n) is 3.29. The summed E-state index contributed by atoms with van der Waals surface area (Å²) in [6.07, 6.45) is 0.947. The van der Waals surface area contributed by atoms with Crippen molar-refractivity contribution in [1.82, 2.24) is 10.1 Å². The van der Waals surface area contributed by atoms with Gasteiger partial charge in [0.25, 0.3) is 5.91 Å². The standard InChI is InChI=1S/C20H19ClN2O2S2/c1-13-18(19(22-25-13)14-5-2-3-6-15(14)21)20(24)23-9-8-17(27-12-10-23)16-7-4-11-26-16/h2-7,11,17H,8-10,12H2,1H3/t17-/m0/s1. The average molecular weight is 419 g/mol. The molecule has 1 fully saturated rings. The molecule has 0 saturated carbocycles. The van der Waals surface area contributed by atoms with Crippen LogP contribution < -0.4 is 0 Å². The first-order valence-electron chi connectivity index (χ1n) is 8.80. The molecule has 140 valence electrons. The normalized spacial score (nSPS) is 17.7. The van der Waals surface area contributed by atoms with E-state index in [4.69, 9.17) is 16.1 Å². The third kappa shape index (κ3) is 3.79. The van der Waals surface area contributed by atoms with Gasteiger partial charge in [-0.3, -0.25) is 4.79 Å². The zero-order chi connectivity index (χ0) is 18.8. The van der Waals surface area contributed by atoms with Crippen LogP contribution in [-0.4, -0.2) is 34.8 Å². The Kier molecular flexibility index (Phi) is 5.57. The maximum Gasteiger partial charge on any atom is 0.259 e. The Bertz CT molecular complexity index is 939. The first-order valence-corrected chi connectivity index (χ1v) is 11.1. The molecule has 3 aromatic rings. The summed E-state index contributed by atoms with van der Waals surface area (Å²) in [4.78, 5) is 16.6. The molecule has 4 rings (SSSR count). The van der Waals surface area contributed by atoms with Gasteiger partial charge in [-0.1, -0.05) is 41.0 Å². The molecule has 0 N–H and O–H groups in total. The number of carbonyl (C=O) groups excluding carboxylic acids is 1. The molecule has 0 aliphatic carbocycles. The lowest BCUT2D eigenvalue weighted by Gasteiger charge is -2.20. The van der Waals surface area contributed by atoms with Gasteiger partial charge in [0.05, 0.1) is 5.02 Å². The summed E-state index contributed by atoms with van der Waals surface area (Å²) in [5.41, 5.74) is 1.76. The number of nitrogens with zero attached hydrogens (tertiary/aromatic N) is 2. The Hall–Kier alpha value is -1.76. The molecular weight excluding hydrogens is 400 g/mol. The van der Waals surface area contributed by atoms with Crippen molar-refractivity contribution >= 4 is 40.6 Å². The molecule has 7 heteroatoms. The van der Waals surface area contributed by atoms with Gasteiger partial charge >= 0.3 is 0 Å². The number of carbonyl (C=O) groups is 1. The second kappa shape index (κ2) is 8.09. The van der Waals surface area contributed by atoms with Crippen molar-refractivity contribution in [2.24, 2.45) is 0 Å². The van der Waals surface area contributed by atoms with Gasteiger partial charge in [0, 0.05) is 34.5 Å². The summed E-state index contributed by atoms with van der Waals surface area (Å²) in [5.74, 6) is 1.41. The molecule has 1 aromatic carbocycles. The van der Waals surface area contributed by atoms with E-state index in [1.165, 1.54) is 4.88 Å². The number of aryl methyl sites for hydroxylation is 1. The number of rotatable bonds is 3. The van der Waals surface area contributed by atoms with Gasteiger partial charge in [0.15, 0.2) is 0 Å². The third-order valence-electron chi connectivity index (χ3n) is 4.69. The monoisotopic (exact) mass is 418 g/mol. The highest BCUT2D eigenvalue weighted by molar-refractivity contribution is 7.99. The molecular formula is C20H19ClN2O2S2. The van der Waals surface area contributed by atoms with E-state index in [0.29, 0.717) is 27.3 Å². The van der Waals surface area contributed by atoms with Crippen molar-refractivity contribution in [3.05, 3.63) is 63.0 Å². The number of amides is 1. The van der Waals surface area contributed by atoms with Gasteiger partial charge in [0.2, 0.25) is 0 Å². The van der Waals surface area contributed by atoms with E-state index in [9.17, 15) is 4.79 Å². The second-order valence-corrected chi connectivity index (χ2v) is 9.10. The Labute approximate surface area is 171 Å². The van der Waals surface area contributed by atoms with Crippen molar-refractivity contribution in [3.63, 3.8) is 0 Å². The number of thiophene rings is 1. The molecule has 1 aliphatic heterocycles. The van der Waals surface area contributed by atoms with Crippen molar-refractivity contribution in [2.75, 3.05) is 18.8 Å². The van der Waals surface area contributed by atoms with Crippen LogP contribution in [0.4, 0.5) is 0 Å². The molecule has 1 saturated heterocycles. The maximum absolute atomic E-state index is 13.3.